The summed E-state index contributed by atoms with van der Waals surface area (Å²) in [5, 5.41) is 0. The van der Waals surface area contributed by atoms with Crippen LogP contribution in [0.15, 0.2) is 0 Å². The van der Waals surface area contributed by atoms with Crippen molar-refractivity contribution in [2.45, 2.75) is 110 Å². The zero-order valence-electron chi connectivity index (χ0n) is 16.1. The Kier molecular flexibility index (Phi) is 6.90. The molecular weight excluding hydrogens is 276 g/mol. The second-order valence-electron chi connectivity index (χ2n) is 9.40. The van der Waals surface area contributed by atoms with Gasteiger partial charge in [0.25, 0.3) is 0 Å². The highest BCUT2D eigenvalue weighted by molar-refractivity contribution is 4.85. The van der Waals surface area contributed by atoms with Crippen molar-refractivity contribution in [3.63, 3.8) is 0 Å². The highest BCUT2D eigenvalue weighted by Gasteiger charge is 2.33. The molecule has 9 aliphatic carbocycles. The van der Waals surface area contributed by atoms with Gasteiger partial charge in [0.1, 0.15) is 0 Å². The standard InChI is InChI=1S/3C7H12.C2H6/c3*1-2-6-4-7(3-1)5-6;1-2/h3*6-7H,1-5H2;1-2H3. The van der Waals surface area contributed by atoms with Crippen LogP contribution >= 0.6 is 0 Å². The number of hydrogen-bond acceptors (Lipinski definition) is 0. The van der Waals surface area contributed by atoms with Gasteiger partial charge in [0.05, 0.1) is 0 Å². The second-order valence-corrected chi connectivity index (χ2v) is 9.40. The van der Waals surface area contributed by atoms with Crippen LogP contribution in [0.3, 0.4) is 0 Å². The van der Waals surface area contributed by atoms with E-state index in [2.05, 4.69) is 0 Å². The smallest absolute Gasteiger partial charge is 0.0409 e. The average Bonchev–Trinajstić information content (AvgIpc) is 2.58. The first kappa shape index (κ1) is 17.8. The van der Waals surface area contributed by atoms with E-state index in [0.29, 0.717) is 0 Å². The van der Waals surface area contributed by atoms with Crippen molar-refractivity contribution >= 4 is 0 Å². The summed E-state index contributed by atoms with van der Waals surface area (Å²) < 4.78 is 0. The Morgan fingerprint density at radius 1 is 0.348 bits per heavy atom. The van der Waals surface area contributed by atoms with Gasteiger partial charge in [0.2, 0.25) is 0 Å². The Hall–Kier alpha value is 0. The maximum absolute atomic E-state index is 2.00. The molecule has 0 unspecified atom stereocenters. The molecule has 0 aromatic carbocycles. The van der Waals surface area contributed by atoms with Gasteiger partial charge in [-0.3, -0.25) is 0 Å². The zero-order valence-corrected chi connectivity index (χ0v) is 16.1. The van der Waals surface area contributed by atoms with Crippen LogP contribution < -0.4 is 0 Å². The van der Waals surface area contributed by atoms with Gasteiger partial charge in [-0.05, 0) is 74.0 Å². The van der Waals surface area contributed by atoms with E-state index >= 15 is 0 Å². The van der Waals surface area contributed by atoms with Crippen LogP contribution in [0.25, 0.3) is 0 Å². The first-order valence-corrected chi connectivity index (χ1v) is 11.3. The normalized spacial score (nSPS) is 44.1. The van der Waals surface area contributed by atoms with Crippen molar-refractivity contribution in [2.75, 3.05) is 0 Å². The van der Waals surface area contributed by atoms with Gasteiger partial charge in [-0.2, -0.15) is 0 Å². The maximum atomic E-state index is 2.00. The van der Waals surface area contributed by atoms with E-state index in [4.69, 9.17) is 0 Å². The van der Waals surface area contributed by atoms with E-state index in [1.807, 2.05) is 13.8 Å². The Balaban J connectivity index is 0.0000000967. The Labute approximate surface area is 146 Å². The van der Waals surface area contributed by atoms with Crippen LogP contribution in [0.4, 0.5) is 0 Å². The molecule has 0 nitrogen and oxygen atoms in total. The minimum absolute atomic E-state index is 1.18. The minimum Gasteiger partial charge on any atom is -0.0683 e. The van der Waals surface area contributed by atoms with E-state index < -0.39 is 0 Å². The topological polar surface area (TPSA) is 0 Å². The lowest BCUT2D eigenvalue weighted by molar-refractivity contribution is 0.115. The van der Waals surface area contributed by atoms with E-state index in [-0.39, 0.29) is 0 Å². The molecule has 9 rings (SSSR count). The summed E-state index contributed by atoms with van der Waals surface area (Å²) in [5.74, 6) is 7.08. The Morgan fingerprint density at radius 3 is 0.565 bits per heavy atom. The highest BCUT2D eigenvalue weighted by atomic mass is 14.4. The summed E-state index contributed by atoms with van der Waals surface area (Å²) in [6, 6.07) is 0. The van der Waals surface area contributed by atoms with E-state index in [1.54, 1.807) is 77.0 Å². The van der Waals surface area contributed by atoms with Crippen molar-refractivity contribution in [3.8, 4) is 0 Å². The fourth-order valence-electron chi connectivity index (χ4n) is 6.12. The minimum atomic E-state index is 1.18. The van der Waals surface area contributed by atoms with E-state index in [1.165, 1.54) is 54.8 Å². The van der Waals surface area contributed by atoms with Crippen LogP contribution in [0, 0.1) is 35.5 Å². The number of rotatable bonds is 0. The van der Waals surface area contributed by atoms with Crippen LogP contribution in [-0.4, -0.2) is 0 Å². The highest BCUT2D eigenvalue weighted by Crippen LogP contribution is 2.46. The molecule has 0 atom stereocenters. The average molecular weight is 319 g/mol. The van der Waals surface area contributed by atoms with Crippen LogP contribution in [-0.2, 0) is 0 Å². The quantitative estimate of drug-likeness (QED) is 0.431. The van der Waals surface area contributed by atoms with Gasteiger partial charge < -0.3 is 0 Å². The molecule has 23 heavy (non-hydrogen) atoms. The molecule has 134 valence electrons. The third-order valence-electron chi connectivity index (χ3n) is 7.67. The molecule has 0 heterocycles. The molecule has 0 aliphatic heterocycles. The van der Waals surface area contributed by atoms with E-state index in [9.17, 15) is 0 Å². The van der Waals surface area contributed by atoms with Gasteiger partial charge in [0.15, 0.2) is 0 Å². The lowest BCUT2D eigenvalue weighted by Crippen LogP contribution is -2.28. The van der Waals surface area contributed by atoms with Crippen molar-refractivity contribution in [1.29, 1.82) is 0 Å². The molecular formula is C23H42. The lowest BCUT2D eigenvalue weighted by atomic mass is 9.65. The summed E-state index contributed by atoms with van der Waals surface area (Å²) in [6.45, 7) is 4.00. The molecule has 0 amide bonds. The predicted octanol–water partition coefficient (Wildman–Crippen LogP) is 7.62. The molecule has 6 bridgehead atoms. The second kappa shape index (κ2) is 8.91. The van der Waals surface area contributed by atoms with Crippen LogP contribution in [0.1, 0.15) is 110 Å². The molecule has 0 N–H and O–H groups in total. The molecule has 0 aromatic heterocycles. The molecule has 9 saturated carbocycles. The lowest BCUT2D eigenvalue weighted by Gasteiger charge is -2.40. The summed E-state index contributed by atoms with van der Waals surface area (Å²) >= 11 is 0. The monoisotopic (exact) mass is 318 g/mol. The maximum Gasteiger partial charge on any atom is -0.0409 e. The molecule has 0 saturated heterocycles. The van der Waals surface area contributed by atoms with Crippen molar-refractivity contribution in [2.24, 2.45) is 35.5 Å². The predicted molar refractivity (Wildman–Crippen MR) is 102 cm³/mol. The largest absolute Gasteiger partial charge is 0.0683 e. The van der Waals surface area contributed by atoms with Gasteiger partial charge in [-0.25, -0.2) is 0 Å². The van der Waals surface area contributed by atoms with Gasteiger partial charge in [0, 0.05) is 0 Å². The van der Waals surface area contributed by atoms with E-state index in [0.717, 1.165) is 0 Å². The van der Waals surface area contributed by atoms with Gasteiger partial charge >= 0.3 is 0 Å². The molecule has 0 heteroatoms. The molecule has 9 aliphatic rings. The van der Waals surface area contributed by atoms with Crippen molar-refractivity contribution in [3.05, 3.63) is 0 Å². The Bertz CT molecular complexity index is 222. The third kappa shape index (κ3) is 4.99. The fraction of sp³-hybridized carbons (Fsp3) is 1.00. The van der Waals surface area contributed by atoms with Crippen LogP contribution in [0.2, 0.25) is 0 Å². The molecule has 9 fully saturated rings. The molecule has 0 aromatic rings. The molecule has 0 spiro atoms. The SMILES string of the molecule is C1CC2CC(C1)C2.C1CC2CC(C1)C2.C1CC2CC(C1)C2.CC. The van der Waals surface area contributed by atoms with Gasteiger partial charge in [-0.1, -0.05) is 71.6 Å². The van der Waals surface area contributed by atoms with Crippen molar-refractivity contribution in [1.82, 2.24) is 0 Å². The first-order chi connectivity index (χ1) is 11.3. The third-order valence-corrected chi connectivity index (χ3v) is 7.67. The summed E-state index contributed by atoms with van der Waals surface area (Å²) in [4.78, 5) is 0. The summed E-state index contributed by atoms with van der Waals surface area (Å²) in [5.41, 5.74) is 0. The first-order valence-electron chi connectivity index (χ1n) is 11.3. The van der Waals surface area contributed by atoms with Crippen LogP contribution in [0.5, 0.6) is 0 Å². The number of hydrogen-bond donors (Lipinski definition) is 0. The Morgan fingerprint density at radius 2 is 0.522 bits per heavy atom. The summed E-state index contributed by atoms with van der Waals surface area (Å²) in [7, 11) is 0. The fourth-order valence-corrected chi connectivity index (χ4v) is 6.12. The van der Waals surface area contributed by atoms with Gasteiger partial charge in [-0.15, -0.1) is 0 Å². The molecule has 0 radical (unpaired) electrons. The summed E-state index contributed by atoms with van der Waals surface area (Å²) in [6.07, 6.45) is 23.4. The van der Waals surface area contributed by atoms with Crippen molar-refractivity contribution < 1.29 is 0 Å². The number of fused-ring (bicyclic) bond motifs is 6. The zero-order chi connectivity index (χ0) is 16.1.